The van der Waals surface area contributed by atoms with Crippen molar-refractivity contribution in [2.24, 2.45) is 0 Å². The molecular weight excluding hydrogens is 320 g/mol. The van der Waals surface area contributed by atoms with Crippen LogP contribution in [0.15, 0.2) is 16.9 Å². The quantitative estimate of drug-likeness (QED) is 0.435. The van der Waals surface area contributed by atoms with Crippen LogP contribution < -0.4 is 10.9 Å². The van der Waals surface area contributed by atoms with E-state index in [1.165, 1.54) is 12.1 Å². The van der Waals surface area contributed by atoms with Crippen LogP contribution in [0, 0.1) is 0 Å². The fourth-order valence-corrected chi connectivity index (χ4v) is 2.45. The molecule has 1 saturated heterocycles. The van der Waals surface area contributed by atoms with E-state index in [0.29, 0.717) is 30.7 Å². The van der Waals surface area contributed by atoms with Gasteiger partial charge < -0.3 is 30.4 Å². The van der Waals surface area contributed by atoms with E-state index in [-0.39, 0.29) is 24.5 Å². The zero-order valence-electron chi connectivity index (χ0n) is 13.3. The van der Waals surface area contributed by atoms with Gasteiger partial charge in [0.1, 0.15) is 12.2 Å². The summed E-state index contributed by atoms with van der Waals surface area (Å²) in [5, 5.41) is 28.8. The minimum absolute atomic E-state index is 0.250. The number of hydrogen-bond donors (Lipinski definition) is 5. The van der Waals surface area contributed by atoms with Gasteiger partial charge in [-0.1, -0.05) is 6.92 Å². The van der Waals surface area contributed by atoms with Crippen LogP contribution in [0.25, 0.3) is 0 Å². The number of aryl methyl sites for hydroxylation is 1. The highest BCUT2D eigenvalue weighted by molar-refractivity contribution is 5.95. The van der Waals surface area contributed by atoms with Crippen LogP contribution in [-0.2, 0) is 16.0 Å². The molecule has 2 rings (SSSR count). The molecule has 0 bridgehead atoms. The Morgan fingerprint density at radius 2 is 2.17 bits per heavy atom. The predicted octanol–water partition coefficient (Wildman–Crippen LogP) is -1.12. The summed E-state index contributed by atoms with van der Waals surface area (Å²) in [6.07, 6.45) is -0.659. The molecule has 1 aromatic rings. The summed E-state index contributed by atoms with van der Waals surface area (Å²) < 4.78 is 5.22. The molecule has 5 N–H and O–H groups in total. The Morgan fingerprint density at radius 3 is 2.75 bits per heavy atom. The van der Waals surface area contributed by atoms with Crippen molar-refractivity contribution in [2.45, 2.75) is 38.0 Å². The fraction of sp³-hybridized carbons (Fsp3) is 0.533. The van der Waals surface area contributed by atoms with Crippen LogP contribution >= 0.6 is 0 Å². The molecule has 1 aliphatic heterocycles. The average molecular weight is 342 g/mol. The number of aliphatic hydroxyl groups is 2. The number of H-pyrrole nitrogens is 1. The summed E-state index contributed by atoms with van der Waals surface area (Å²) in [5.74, 6) is -0.356. The van der Waals surface area contributed by atoms with E-state index in [1.54, 1.807) is 0 Å². The standard InChI is InChI=1S/C14H20N2O5.CH2O2/c1-2-9-8(3-4-12(18)15-9)14(20)16-10-5-6-21-11(7-17)13(10)19;2-1-3/h3-4,10-11,13,17,19H,2,5-7H2,1H3,(H,15,18)(H,16,20);1H,(H,2,3)/t10-,11+,13-;/m0./s1. The molecule has 0 aromatic carbocycles. The average Bonchev–Trinajstić information content (AvgIpc) is 2.57. The number of hydrogen-bond acceptors (Lipinski definition) is 6. The van der Waals surface area contributed by atoms with E-state index >= 15 is 0 Å². The van der Waals surface area contributed by atoms with Gasteiger partial charge in [-0.25, -0.2) is 0 Å². The molecule has 1 aliphatic rings. The van der Waals surface area contributed by atoms with Gasteiger partial charge in [-0.3, -0.25) is 14.4 Å². The van der Waals surface area contributed by atoms with Crippen molar-refractivity contribution in [1.82, 2.24) is 10.3 Å². The van der Waals surface area contributed by atoms with Gasteiger partial charge in [0.05, 0.1) is 18.2 Å². The number of carbonyl (C=O) groups is 2. The first-order valence-electron chi connectivity index (χ1n) is 7.49. The third-order valence-corrected chi connectivity index (χ3v) is 3.65. The highest BCUT2D eigenvalue weighted by Crippen LogP contribution is 2.15. The number of nitrogens with one attached hydrogen (secondary N) is 2. The minimum atomic E-state index is -0.958. The summed E-state index contributed by atoms with van der Waals surface area (Å²) in [6.45, 7) is 1.65. The summed E-state index contributed by atoms with van der Waals surface area (Å²) in [4.78, 5) is 34.6. The normalized spacial score (nSPS) is 22.9. The topological polar surface area (TPSA) is 149 Å². The highest BCUT2D eigenvalue weighted by atomic mass is 16.5. The predicted molar refractivity (Wildman–Crippen MR) is 83.8 cm³/mol. The third-order valence-electron chi connectivity index (χ3n) is 3.65. The number of amides is 1. The molecule has 1 aromatic heterocycles. The first kappa shape index (κ1) is 19.8. The molecule has 2 heterocycles. The fourth-order valence-electron chi connectivity index (χ4n) is 2.45. The van der Waals surface area contributed by atoms with Crippen LogP contribution in [0.2, 0.25) is 0 Å². The summed E-state index contributed by atoms with van der Waals surface area (Å²) in [7, 11) is 0. The molecule has 0 unspecified atom stereocenters. The number of aliphatic hydroxyl groups excluding tert-OH is 2. The molecule has 0 radical (unpaired) electrons. The molecular formula is C15H22N2O7. The molecule has 1 fully saturated rings. The van der Waals surface area contributed by atoms with Crippen molar-refractivity contribution in [3.05, 3.63) is 33.7 Å². The zero-order valence-corrected chi connectivity index (χ0v) is 13.3. The number of aromatic nitrogens is 1. The Bertz CT molecular complexity index is 602. The Balaban J connectivity index is 0.000000891. The van der Waals surface area contributed by atoms with E-state index in [2.05, 4.69) is 10.3 Å². The lowest BCUT2D eigenvalue weighted by Crippen LogP contribution is -2.54. The highest BCUT2D eigenvalue weighted by Gasteiger charge is 2.33. The lowest BCUT2D eigenvalue weighted by Gasteiger charge is -2.34. The van der Waals surface area contributed by atoms with Crippen molar-refractivity contribution in [3.8, 4) is 0 Å². The summed E-state index contributed by atoms with van der Waals surface area (Å²) in [5.41, 5.74) is 0.687. The number of aromatic amines is 1. The molecule has 0 spiro atoms. The minimum Gasteiger partial charge on any atom is -0.483 e. The van der Waals surface area contributed by atoms with Crippen LogP contribution in [0.4, 0.5) is 0 Å². The van der Waals surface area contributed by atoms with Gasteiger partial charge in [0, 0.05) is 18.4 Å². The second-order valence-corrected chi connectivity index (χ2v) is 5.12. The van der Waals surface area contributed by atoms with Gasteiger partial charge in [-0.15, -0.1) is 0 Å². The Hall–Kier alpha value is -2.23. The number of ether oxygens (including phenoxy) is 1. The second kappa shape index (κ2) is 9.81. The van der Waals surface area contributed by atoms with Gasteiger partial charge in [-0.05, 0) is 18.9 Å². The Kier molecular flexibility index (Phi) is 8.10. The van der Waals surface area contributed by atoms with Gasteiger partial charge in [0.15, 0.2) is 0 Å². The second-order valence-electron chi connectivity index (χ2n) is 5.12. The maximum atomic E-state index is 12.3. The largest absolute Gasteiger partial charge is 0.483 e. The Morgan fingerprint density at radius 1 is 1.50 bits per heavy atom. The maximum absolute atomic E-state index is 12.3. The molecule has 24 heavy (non-hydrogen) atoms. The van der Waals surface area contributed by atoms with Gasteiger partial charge in [0.2, 0.25) is 5.56 Å². The lowest BCUT2D eigenvalue weighted by atomic mass is 9.99. The van der Waals surface area contributed by atoms with E-state index < -0.39 is 18.2 Å². The van der Waals surface area contributed by atoms with Crippen molar-refractivity contribution in [3.63, 3.8) is 0 Å². The van der Waals surface area contributed by atoms with Gasteiger partial charge in [0.25, 0.3) is 12.4 Å². The number of pyridine rings is 1. The van der Waals surface area contributed by atoms with Crippen molar-refractivity contribution in [2.75, 3.05) is 13.2 Å². The van der Waals surface area contributed by atoms with Crippen molar-refractivity contribution < 1.29 is 29.6 Å². The molecule has 9 heteroatoms. The summed E-state index contributed by atoms with van der Waals surface area (Å²) in [6, 6.07) is 2.28. The van der Waals surface area contributed by atoms with Crippen LogP contribution in [0.5, 0.6) is 0 Å². The smallest absolute Gasteiger partial charge is 0.290 e. The van der Waals surface area contributed by atoms with Gasteiger partial charge in [-0.2, -0.15) is 0 Å². The molecule has 1 amide bonds. The molecule has 0 aliphatic carbocycles. The van der Waals surface area contributed by atoms with Crippen LogP contribution in [0.1, 0.15) is 29.4 Å². The molecule has 3 atom stereocenters. The van der Waals surface area contributed by atoms with E-state index in [4.69, 9.17) is 19.7 Å². The lowest BCUT2D eigenvalue weighted by molar-refractivity contribution is -0.122. The maximum Gasteiger partial charge on any atom is 0.290 e. The third kappa shape index (κ3) is 5.15. The molecule has 9 nitrogen and oxygen atoms in total. The first-order valence-corrected chi connectivity index (χ1v) is 7.49. The van der Waals surface area contributed by atoms with Crippen molar-refractivity contribution >= 4 is 12.4 Å². The van der Waals surface area contributed by atoms with Crippen LogP contribution in [-0.4, -0.2) is 64.1 Å². The van der Waals surface area contributed by atoms with Crippen molar-refractivity contribution in [1.29, 1.82) is 0 Å². The number of carbonyl (C=O) groups excluding carboxylic acids is 1. The number of rotatable bonds is 4. The number of carboxylic acid groups (broad SMARTS) is 1. The summed E-state index contributed by atoms with van der Waals surface area (Å²) >= 11 is 0. The van der Waals surface area contributed by atoms with Gasteiger partial charge >= 0.3 is 0 Å². The Labute approximate surface area is 138 Å². The van der Waals surface area contributed by atoms with E-state index in [1.807, 2.05) is 6.92 Å². The monoisotopic (exact) mass is 342 g/mol. The first-order chi connectivity index (χ1) is 11.5. The molecule has 0 saturated carbocycles. The van der Waals surface area contributed by atoms with E-state index in [0.717, 1.165) is 0 Å². The SMILES string of the molecule is CCc1[nH]c(=O)ccc1C(=O)N[C@H]1CCO[C@H](CO)[C@H]1O.O=CO. The van der Waals surface area contributed by atoms with Crippen LogP contribution in [0.3, 0.4) is 0 Å². The van der Waals surface area contributed by atoms with E-state index in [9.17, 15) is 14.7 Å². The molecule has 134 valence electrons. The zero-order chi connectivity index (χ0) is 18.1.